The van der Waals surface area contributed by atoms with Crippen LogP contribution in [0.3, 0.4) is 0 Å². The van der Waals surface area contributed by atoms with Gasteiger partial charge in [-0.25, -0.2) is 9.59 Å². The van der Waals surface area contributed by atoms with Crippen molar-refractivity contribution in [1.29, 1.82) is 0 Å². The maximum Gasteiger partial charge on any atom is 0.418 e. The molecular weight excluding hydrogens is 242 g/mol. The maximum atomic E-state index is 11.9. The molecule has 1 amide bonds. The van der Waals surface area contributed by atoms with Crippen molar-refractivity contribution < 1.29 is 14.3 Å². The first-order valence-corrected chi connectivity index (χ1v) is 6.27. The van der Waals surface area contributed by atoms with Crippen LogP contribution in [-0.4, -0.2) is 23.0 Å². The molecule has 0 bridgehead atoms. The molecule has 1 aromatic carbocycles. The van der Waals surface area contributed by atoms with Gasteiger partial charge in [0.2, 0.25) is 0 Å². The van der Waals surface area contributed by atoms with Gasteiger partial charge < -0.3 is 4.74 Å². The molecule has 1 fully saturated rings. The van der Waals surface area contributed by atoms with E-state index >= 15 is 0 Å². The van der Waals surface area contributed by atoms with E-state index in [4.69, 9.17) is 4.74 Å². The zero-order valence-corrected chi connectivity index (χ0v) is 11.1. The summed E-state index contributed by atoms with van der Waals surface area (Å²) in [5.41, 5.74) is 0.968. The number of cyclic esters (lactones) is 2. The fraction of sp³-hybridized carbons (Fsp3) is 0.333. The highest BCUT2D eigenvalue weighted by Gasteiger charge is 2.45. The summed E-state index contributed by atoms with van der Waals surface area (Å²) in [7, 11) is 0. The second-order valence-electron chi connectivity index (χ2n) is 4.72. The van der Waals surface area contributed by atoms with Gasteiger partial charge in [0.15, 0.2) is 0 Å². The zero-order valence-electron chi connectivity index (χ0n) is 11.1. The highest BCUT2D eigenvalue weighted by molar-refractivity contribution is 5.96. The van der Waals surface area contributed by atoms with Crippen molar-refractivity contribution in [2.75, 3.05) is 0 Å². The van der Waals surface area contributed by atoms with Crippen molar-refractivity contribution in [2.45, 2.75) is 25.9 Å². The van der Waals surface area contributed by atoms with Crippen LogP contribution in [0.4, 0.5) is 4.79 Å². The molecular formula is C15H17NO3. The number of carbonyl (C=O) groups is 2. The molecule has 1 aromatic rings. The summed E-state index contributed by atoms with van der Waals surface area (Å²) < 4.78 is 4.75. The minimum absolute atomic E-state index is 0.148. The average Bonchev–Trinajstić information content (AvgIpc) is 2.72. The SMILES string of the molecule is C=CC(C)C1C(=O)OC(=O)N1[C@@H](C)c1ccccc1. The summed E-state index contributed by atoms with van der Waals surface area (Å²) in [4.78, 5) is 25.2. The van der Waals surface area contributed by atoms with Crippen molar-refractivity contribution in [3.8, 4) is 0 Å². The van der Waals surface area contributed by atoms with Crippen LogP contribution in [0.25, 0.3) is 0 Å². The topological polar surface area (TPSA) is 46.6 Å². The number of hydrogen-bond donors (Lipinski definition) is 0. The van der Waals surface area contributed by atoms with Crippen LogP contribution in [0.2, 0.25) is 0 Å². The Morgan fingerprint density at radius 1 is 1.26 bits per heavy atom. The van der Waals surface area contributed by atoms with Crippen molar-refractivity contribution in [2.24, 2.45) is 5.92 Å². The molecule has 19 heavy (non-hydrogen) atoms. The third-order valence-corrected chi connectivity index (χ3v) is 3.51. The lowest BCUT2D eigenvalue weighted by molar-refractivity contribution is -0.136. The first kappa shape index (κ1) is 13.3. The smallest absolute Gasteiger partial charge is 0.375 e. The third kappa shape index (κ3) is 2.38. The van der Waals surface area contributed by atoms with Crippen LogP contribution >= 0.6 is 0 Å². The van der Waals surface area contributed by atoms with Crippen LogP contribution in [0.5, 0.6) is 0 Å². The van der Waals surface area contributed by atoms with E-state index in [0.717, 1.165) is 5.56 Å². The van der Waals surface area contributed by atoms with Gasteiger partial charge in [0, 0.05) is 5.92 Å². The normalized spacial score (nSPS) is 22.0. The third-order valence-electron chi connectivity index (χ3n) is 3.51. The second-order valence-corrected chi connectivity index (χ2v) is 4.72. The van der Waals surface area contributed by atoms with Gasteiger partial charge in [-0.3, -0.25) is 4.90 Å². The Balaban J connectivity index is 2.32. The average molecular weight is 259 g/mol. The summed E-state index contributed by atoms with van der Waals surface area (Å²) in [6.07, 6.45) is 1.08. The summed E-state index contributed by atoms with van der Waals surface area (Å²) >= 11 is 0. The Morgan fingerprint density at radius 3 is 2.47 bits per heavy atom. The Labute approximate surface area is 112 Å². The first-order chi connectivity index (χ1) is 9.06. The van der Waals surface area contributed by atoms with Gasteiger partial charge in [-0.15, -0.1) is 6.58 Å². The standard InChI is InChI=1S/C15H17NO3/c1-4-10(2)13-14(17)19-15(18)16(13)11(3)12-8-6-5-7-9-12/h4-11,13H,1H2,2-3H3/t10?,11-,13?/m0/s1. The van der Waals surface area contributed by atoms with E-state index in [1.54, 1.807) is 6.08 Å². The molecule has 1 aliphatic rings. The summed E-state index contributed by atoms with van der Waals surface area (Å²) in [5.74, 6) is -0.648. The Hall–Kier alpha value is -2.10. The molecule has 1 aliphatic heterocycles. The lowest BCUT2D eigenvalue weighted by atomic mass is 9.98. The van der Waals surface area contributed by atoms with Gasteiger partial charge in [-0.05, 0) is 12.5 Å². The number of carbonyl (C=O) groups excluding carboxylic acids is 2. The lowest BCUT2D eigenvalue weighted by Crippen LogP contribution is -2.40. The number of amides is 1. The molecule has 0 radical (unpaired) electrons. The second kappa shape index (κ2) is 5.26. The van der Waals surface area contributed by atoms with Crippen molar-refractivity contribution in [3.63, 3.8) is 0 Å². The predicted octanol–water partition coefficient (Wildman–Crippen LogP) is 2.92. The van der Waals surface area contributed by atoms with Gasteiger partial charge >= 0.3 is 12.1 Å². The quantitative estimate of drug-likeness (QED) is 0.474. The lowest BCUT2D eigenvalue weighted by Gasteiger charge is -2.29. The van der Waals surface area contributed by atoms with Gasteiger partial charge in [-0.1, -0.05) is 43.3 Å². The molecule has 0 N–H and O–H groups in total. The number of ether oxygens (including phenoxy) is 1. The van der Waals surface area contributed by atoms with Crippen LogP contribution < -0.4 is 0 Å². The fourth-order valence-corrected chi connectivity index (χ4v) is 2.31. The van der Waals surface area contributed by atoms with Crippen LogP contribution in [0.1, 0.15) is 25.5 Å². The van der Waals surface area contributed by atoms with Crippen molar-refractivity contribution in [1.82, 2.24) is 4.90 Å². The highest BCUT2D eigenvalue weighted by atomic mass is 16.6. The summed E-state index contributed by atoms with van der Waals surface area (Å²) in [6.45, 7) is 7.42. The van der Waals surface area contributed by atoms with Gasteiger partial charge in [0.25, 0.3) is 0 Å². The zero-order chi connectivity index (χ0) is 14.0. The number of hydrogen-bond acceptors (Lipinski definition) is 3. The van der Waals surface area contributed by atoms with E-state index in [0.29, 0.717) is 0 Å². The van der Waals surface area contributed by atoms with E-state index in [1.807, 2.05) is 44.2 Å². The minimum Gasteiger partial charge on any atom is -0.375 e. The molecule has 4 nitrogen and oxygen atoms in total. The molecule has 0 aromatic heterocycles. The minimum atomic E-state index is -0.597. The number of esters is 1. The van der Waals surface area contributed by atoms with Gasteiger partial charge in [0.1, 0.15) is 6.04 Å². The molecule has 0 aliphatic carbocycles. The van der Waals surface area contributed by atoms with E-state index < -0.39 is 18.1 Å². The Kier molecular flexibility index (Phi) is 3.69. The van der Waals surface area contributed by atoms with Gasteiger partial charge in [0.05, 0.1) is 6.04 Å². The fourth-order valence-electron chi connectivity index (χ4n) is 2.31. The summed E-state index contributed by atoms with van der Waals surface area (Å²) in [5, 5.41) is 0. The van der Waals surface area contributed by atoms with Crippen LogP contribution in [0, 0.1) is 5.92 Å². The Morgan fingerprint density at radius 2 is 1.89 bits per heavy atom. The molecule has 2 rings (SSSR count). The predicted molar refractivity (Wildman–Crippen MR) is 71.3 cm³/mol. The molecule has 1 heterocycles. The number of nitrogens with zero attached hydrogens (tertiary/aromatic N) is 1. The van der Waals surface area contributed by atoms with E-state index in [-0.39, 0.29) is 12.0 Å². The first-order valence-electron chi connectivity index (χ1n) is 6.27. The molecule has 3 atom stereocenters. The summed E-state index contributed by atoms with van der Waals surface area (Å²) in [6, 6.07) is 8.76. The monoisotopic (exact) mass is 259 g/mol. The molecule has 1 saturated heterocycles. The van der Waals surface area contributed by atoms with Crippen molar-refractivity contribution >= 4 is 12.1 Å². The van der Waals surface area contributed by atoms with Crippen molar-refractivity contribution in [3.05, 3.63) is 48.6 Å². The van der Waals surface area contributed by atoms with Crippen LogP contribution in [0.15, 0.2) is 43.0 Å². The largest absolute Gasteiger partial charge is 0.418 e. The van der Waals surface area contributed by atoms with E-state index in [9.17, 15) is 9.59 Å². The molecule has 4 heteroatoms. The molecule has 100 valence electrons. The van der Waals surface area contributed by atoms with E-state index in [2.05, 4.69) is 6.58 Å². The highest BCUT2D eigenvalue weighted by Crippen LogP contribution is 2.31. The molecule has 2 unspecified atom stereocenters. The number of benzene rings is 1. The Bertz CT molecular complexity index is 497. The molecule has 0 saturated carbocycles. The van der Waals surface area contributed by atoms with Gasteiger partial charge in [-0.2, -0.15) is 0 Å². The van der Waals surface area contributed by atoms with Crippen LogP contribution in [-0.2, 0) is 9.53 Å². The maximum absolute atomic E-state index is 11.9. The van der Waals surface area contributed by atoms with E-state index in [1.165, 1.54) is 4.90 Å². The molecule has 0 spiro atoms. The number of rotatable bonds is 4.